The first-order valence-corrected chi connectivity index (χ1v) is 7.93. The Bertz CT molecular complexity index is 760. The molecule has 1 saturated heterocycles. The summed E-state index contributed by atoms with van der Waals surface area (Å²) in [5.74, 6) is 0.609. The number of hydrogen-bond donors (Lipinski definition) is 2. The average molecular weight is 314 g/mol. The number of aromatic nitrogens is 2. The summed E-state index contributed by atoms with van der Waals surface area (Å²) in [6.45, 7) is 0.586. The molecule has 2 fully saturated rings. The number of hydrogen-bond acceptors (Lipinski definition) is 4. The van der Waals surface area contributed by atoms with E-state index in [1.165, 1.54) is 0 Å². The molecule has 120 valence electrons. The summed E-state index contributed by atoms with van der Waals surface area (Å²) in [6, 6.07) is 5.65. The molecular formula is C16H18N4O3. The number of pyridine rings is 1. The number of nitrogens with one attached hydrogen (secondary N) is 2. The van der Waals surface area contributed by atoms with Crippen LogP contribution in [-0.2, 0) is 9.53 Å². The Morgan fingerprint density at radius 2 is 2.09 bits per heavy atom. The number of hydrazine groups is 1. The summed E-state index contributed by atoms with van der Waals surface area (Å²) < 4.78 is 7.24. The van der Waals surface area contributed by atoms with E-state index in [1.54, 1.807) is 0 Å². The SMILES string of the molecule is O=C(NNC(=O)[C@@H]1CCCO1)c1nc(C2CC2)n2ccccc12. The lowest BCUT2D eigenvalue weighted by Gasteiger charge is -2.10. The van der Waals surface area contributed by atoms with Gasteiger partial charge < -0.3 is 9.14 Å². The zero-order chi connectivity index (χ0) is 15.8. The van der Waals surface area contributed by atoms with Gasteiger partial charge in [-0.1, -0.05) is 6.07 Å². The standard InChI is InChI=1S/C16H18N4O3/c21-15(12-5-3-9-23-12)18-19-16(22)13-11-4-1-2-8-20(11)14(17-13)10-6-7-10/h1-2,4,8,10,12H,3,5-7,9H2,(H,18,21)(H,19,22)/t12-/m0/s1. The maximum Gasteiger partial charge on any atom is 0.290 e. The monoisotopic (exact) mass is 314 g/mol. The van der Waals surface area contributed by atoms with Crippen molar-refractivity contribution in [2.24, 2.45) is 0 Å². The molecule has 0 unspecified atom stereocenters. The molecule has 1 aliphatic heterocycles. The van der Waals surface area contributed by atoms with Crippen LogP contribution in [0.25, 0.3) is 5.52 Å². The third-order valence-electron chi connectivity index (χ3n) is 4.25. The second kappa shape index (κ2) is 5.66. The molecule has 1 saturated carbocycles. The van der Waals surface area contributed by atoms with Crippen LogP contribution < -0.4 is 10.9 Å². The fraction of sp³-hybridized carbons (Fsp3) is 0.438. The summed E-state index contributed by atoms with van der Waals surface area (Å²) in [6.07, 6.45) is 5.19. The van der Waals surface area contributed by atoms with Gasteiger partial charge in [0.05, 0.1) is 5.52 Å². The van der Waals surface area contributed by atoms with E-state index in [1.807, 2.05) is 28.8 Å². The third-order valence-corrected chi connectivity index (χ3v) is 4.25. The van der Waals surface area contributed by atoms with Crippen molar-refractivity contribution >= 4 is 17.3 Å². The lowest BCUT2D eigenvalue weighted by Crippen LogP contribution is -2.46. The Morgan fingerprint density at radius 1 is 1.22 bits per heavy atom. The molecule has 0 spiro atoms. The van der Waals surface area contributed by atoms with Crippen LogP contribution in [0.4, 0.5) is 0 Å². The number of rotatable bonds is 3. The van der Waals surface area contributed by atoms with Gasteiger partial charge in [-0.05, 0) is 37.8 Å². The molecule has 2 aliphatic rings. The van der Waals surface area contributed by atoms with Crippen LogP contribution >= 0.6 is 0 Å². The van der Waals surface area contributed by atoms with Crippen molar-refractivity contribution in [3.63, 3.8) is 0 Å². The van der Waals surface area contributed by atoms with E-state index >= 15 is 0 Å². The van der Waals surface area contributed by atoms with Gasteiger partial charge in [0, 0.05) is 18.7 Å². The number of amides is 2. The maximum absolute atomic E-state index is 12.4. The fourth-order valence-corrected chi connectivity index (χ4v) is 2.90. The molecule has 1 atom stereocenters. The van der Waals surface area contributed by atoms with Crippen molar-refractivity contribution in [2.45, 2.75) is 37.7 Å². The molecule has 0 radical (unpaired) electrons. The van der Waals surface area contributed by atoms with E-state index in [4.69, 9.17) is 4.74 Å². The van der Waals surface area contributed by atoms with Gasteiger partial charge in [0.15, 0.2) is 5.69 Å². The zero-order valence-electron chi connectivity index (χ0n) is 12.6. The molecule has 4 rings (SSSR count). The Balaban J connectivity index is 1.52. The molecule has 2 aromatic heterocycles. The Morgan fingerprint density at radius 3 is 2.83 bits per heavy atom. The minimum atomic E-state index is -0.476. The molecule has 2 N–H and O–H groups in total. The van der Waals surface area contributed by atoms with Gasteiger partial charge >= 0.3 is 0 Å². The lowest BCUT2D eigenvalue weighted by molar-refractivity contribution is -0.130. The Labute approximate surface area is 133 Å². The molecule has 1 aliphatic carbocycles. The summed E-state index contributed by atoms with van der Waals surface area (Å²) in [5, 5.41) is 0. The predicted octanol–water partition coefficient (Wildman–Crippen LogP) is 1.15. The second-order valence-corrected chi connectivity index (χ2v) is 5.99. The van der Waals surface area contributed by atoms with Crippen LogP contribution in [0.3, 0.4) is 0 Å². The van der Waals surface area contributed by atoms with Gasteiger partial charge in [-0.15, -0.1) is 0 Å². The van der Waals surface area contributed by atoms with Crippen LogP contribution in [0.1, 0.15) is 47.9 Å². The normalized spacial score (nSPS) is 20.6. The van der Waals surface area contributed by atoms with E-state index in [-0.39, 0.29) is 5.91 Å². The minimum absolute atomic E-state index is 0.318. The molecule has 2 aromatic rings. The quantitative estimate of drug-likeness (QED) is 0.832. The smallest absolute Gasteiger partial charge is 0.290 e. The lowest BCUT2D eigenvalue weighted by atomic mass is 10.2. The van der Waals surface area contributed by atoms with Crippen molar-refractivity contribution in [3.8, 4) is 0 Å². The highest BCUT2D eigenvalue weighted by molar-refractivity contribution is 6.00. The maximum atomic E-state index is 12.4. The summed E-state index contributed by atoms with van der Waals surface area (Å²) >= 11 is 0. The van der Waals surface area contributed by atoms with Gasteiger partial charge in [-0.3, -0.25) is 20.4 Å². The molecule has 3 heterocycles. The van der Waals surface area contributed by atoms with Crippen LogP contribution in [0, 0.1) is 0 Å². The molecule has 0 aromatic carbocycles. The number of imidazole rings is 1. The van der Waals surface area contributed by atoms with Crippen LogP contribution in [0.5, 0.6) is 0 Å². The largest absolute Gasteiger partial charge is 0.368 e. The summed E-state index contributed by atoms with van der Waals surface area (Å²) in [7, 11) is 0. The van der Waals surface area contributed by atoms with Crippen LogP contribution in [0.15, 0.2) is 24.4 Å². The third kappa shape index (κ3) is 2.68. The van der Waals surface area contributed by atoms with E-state index in [9.17, 15) is 9.59 Å². The van der Waals surface area contributed by atoms with Gasteiger partial charge in [0.1, 0.15) is 11.9 Å². The minimum Gasteiger partial charge on any atom is -0.368 e. The number of fused-ring (bicyclic) bond motifs is 1. The first kappa shape index (κ1) is 14.2. The van der Waals surface area contributed by atoms with Gasteiger partial charge in [0.25, 0.3) is 11.8 Å². The van der Waals surface area contributed by atoms with Gasteiger partial charge in [-0.25, -0.2) is 4.98 Å². The number of carbonyl (C=O) groups is 2. The predicted molar refractivity (Wildman–Crippen MR) is 81.7 cm³/mol. The van der Waals surface area contributed by atoms with Gasteiger partial charge in [0.2, 0.25) is 0 Å². The first-order chi connectivity index (χ1) is 11.2. The van der Waals surface area contributed by atoms with E-state index < -0.39 is 12.0 Å². The highest BCUT2D eigenvalue weighted by Crippen LogP contribution is 2.39. The molecule has 2 amide bonds. The van der Waals surface area contributed by atoms with Gasteiger partial charge in [-0.2, -0.15) is 0 Å². The van der Waals surface area contributed by atoms with Crippen LogP contribution in [0.2, 0.25) is 0 Å². The van der Waals surface area contributed by atoms with Crippen molar-refractivity contribution < 1.29 is 14.3 Å². The second-order valence-electron chi connectivity index (χ2n) is 5.99. The highest BCUT2D eigenvalue weighted by atomic mass is 16.5. The zero-order valence-corrected chi connectivity index (χ0v) is 12.6. The van der Waals surface area contributed by atoms with Crippen molar-refractivity contribution in [1.29, 1.82) is 0 Å². The summed E-state index contributed by atoms with van der Waals surface area (Å²) in [4.78, 5) is 28.8. The van der Waals surface area contributed by atoms with E-state index in [2.05, 4.69) is 15.8 Å². The van der Waals surface area contributed by atoms with Crippen LogP contribution in [-0.4, -0.2) is 33.9 Å². The Kier molecular flexibility index (Phi) is 3.49. The topological polar surface area (TPSA) is 84.7 Å². The first-order valence-electron chi connectivity index (χ1n) is 7.93. The molecule has 7 heteroatoms. The Hall–Kier alpha value is -2.41. The fourth-order valence-electron chi connectivity index (χ4n) is 2.90. The number of carbonyl (C=O) groups excluding carboxylic acids is 2. The molecule has 0 bridgehead atoms. The molecular weight excluding hydrogens is 296 g/mol. The van der Waals surface area contributed by atoms with Crippen molar-refractivity contribution in [2.75, 3.05) is 6.61 Å². The molecule has 23 heavy (non-hydrogen) atoms. The van der Waals surface area contributed by atoms with E-state index in [0.717, 1.165) is 30.6 Å². The van der Waals surface area contributed by atoms with Crippen molar-refractivity contribution in [1.82, 2.24) is 20.2 Å². The number of nitrogens with zero attached hydrogens (tertiary/aromatic N) is 2. The van der Waals surface area contributed by atoms with E-state index in [0.29, 0.717) is 24.6 Å². The molecule has 7 nitrogen and oxygen atoms in total. The highest BCUT2D eigenvalue weighted by Gasteiger charge is 2.30. The summed E-state index contributed by atoms with van der Waals surface area (Å²) in [5.41, 5.74) is 5.96. The average Bonchev–Trinajstić information content (AvgIpc) is 3.13. The van der Waals surface area contributed by atoms with Crippen molar-refractivity contribution in [3.05, 3.63) is 35.9 Å². The number of ether oxygens (including phenoxy) is 1.